The lowest BCUT2D eigenvalue weighted by molar-refractivity contribution is -0.144. The smallest absolute Gasteiger partial charge is 0.311 e. The second-order valence-corrected chi connectivity index (χ2v) is 8.04. The van der Waals surface area contributed by atoms with Gasteiger partial charge in [-0.25, -0.2) is 0 Å². The van der Waals surface area contributed by atoms with Gasteiger partial charge < -0.3 is 20.9 Å². The number of anilines is 2. The maximum atomic E-state index is 12.2. The Morgan fingerprint density at radius 2 is 1.12 bits per heavy atom. The fourth-order valence-corrected chi connectivity index (χ4v) is 3.62. The Labute approximate surface area is 198 Å². The van der Waals surface area contributed by atoms with E-state index in [1.54, 1.807) is 18.2 Å². The third-order valence-corrected chi connectivity index (χ3v) is 5.50. The summed E-state index contributed by atoms with van der Waals surface area (Å²) in [7, 11) is 0. The van der Waals surface area contributed by atoms with E-state index in [0.29, 0.717) is 23.6 Å². The first-order valence-corrected chi connectivity index (χ1v) is 11.1. The number of esters is 2. The molecule has 4 rings (SSSR count). The molecule has 0 aromatic heterocycles. The molecule has 1 aliphatic carbocycles. The molecule has 0 unspecified atom stereocenters. The van der Waals surface area contributed by atoms with E-state index < -0.39 is 11.9 Å². The van der Waals surface area contributed by atoms with Crippen molar-refractivity contribution in [3.8, 4) is 16.9 Å². The Balaban J connectivity index is 1.23. The summed E-state index contributed by atoms with van der Waals surface area (Å²) in [5.74, 6) is 0.0790. The van der Waals surface area contributed by atoms with Gasteiger partial charge in [-0.05, 0) is 71.2 Å². The van der Waals surface area contributed by atoms with Gasteiger partial charge in [0.25, 0.3) is 0 Å². The molecule has 0 saturated heterocycles. The van der Waals surface area contributed by atoms with Crippen LogP contribution in [0.2, 0.25) is 0 Å². The van der Waals surface area contributed by atoms with Crippen LogP contribution >= 0.6 is 0 Å². The van der Waals surface area contributed by atoms with Crippen LogP contribution in [0, 0.1) is 0 Å². The van der Waals surface area contributed by atoms with E-state index in [-0.39, 0.29) is 12.8 Å². The van der Waals surface area contributed by atoms with Gasteiger partial charge in [0.1, 0.15) is 11.5 Å². The molecule has 0 saturated carbocycles. The minimum Gasteiger partial charge on any atom is -0.431 e. The zero-order chi connectivity index (χ0) is 23.9. The van der Waals surface area contributed by atoms with Crippen LogP contribution in [-0.2, 0) is 14.3 Å². The summed E-state index contributed by atoms with van der Waals surface area (Å²) in [6.45, 7) is 0. The molecule has 172 valence electrons. The first-order chi connectivity index (χ1) is 16.5. The van der Waals surface area contributed by atoms with Crippen LogP contribution in [0.25, 0.3) is 16.7 Å². The summed E-state index contributed by atoms with van der Waals surface area (Å²) in [5, 5.41) is 0. The molecule has 3 aromatic carbocycles. The highest BCUT2D eigenvalue weighted by Crippen LogP contribution is 2.28. The maximum Gasteiger partial charge on any atom is 0.311 e. The molecule has 34 heavy (non-hydrogen) atoms. The molecule has 0 aliphatic heterocycles. The van der Waals surface area contributed by atoms with Gasteiger partial charge in [0.05, 0.1) is 12.8 Å². The number of rotatable bonds is 7. The Bertz CT molecular complexity index is 1220. The number of hydrogen-bond acceptors (Lipinski definition) is 6. The van der Waals surface area contributed by atoms with Gasteiger partial charge in [-0.1, -0.05) is 42.5 Å². The van der Waals surface area contributed by atoms with Crippen molar-refractivity contribution in [2.45, 2.75) is 25.7 Å². The molecular weight excluding hydrogens is 428 g/mol. The highest BCUT2D eigenvalue weighted by molar-refractivity contribution is 5.80. The zero-order valence-electron chi connectivity index (χ0n) is 18.7. The standard InChI is InChI=1S/C28H26N2O4/c29-23-9-1-19(2-10-23)21-5-13-25(14-6-21)33-27(31)17-18-28(32)34-26-15-7-22(8-16-26)20-3-11-24(30)12-4-20/h1-7,9-15H,8,16-18,29-30H2. The number of carbonyl (C=O) groups excluding carboxylic acids is 2. The lowest BCUT2D eigenvalue weighted by atomic mass is 9.96. The minimum absolute atomic E-state index is 0.0474. The predicted molar refractivity (Wildman–Crippen MR) is 133 cm³/mol. The van der Waals surface area contributed by atoms with E-state index in [0.717, 1.165) is 34.4 Å². The van der Waals surface area contributed by atoms with E-state index in [4.69, 9.17) is 20.9 Å². The summed E-state index contributed by atoms with van der Waals surface area (Å²) >= 11 is 0. The molecule has 0 fully saturated rings. The average molecular weight is 455 g/mol. The van der Waals surface area contributed by atoms with Crippen molar-refractivity contribution < 1.29 is 19.1 Å². The van der Waals surface area contributed by atoms with Crippen LogP contribution in [0.3, 0.4) is 0 Å². The lowest BCUT2D eigenvalue weighted by Gasteiger charge is -2.15. The average Bonchev–Trinajstić information content (AvgIpc) is 2.85. The Morgan fingerprint density at radius 1 is 0.618 bits per heavy atom. The number of allylic oxidation sites excluding steroid dienone is 4. The summed E-state index contributed by atoms with van der Waals surface area (Å²) in [4.78, 5) is 24.3. The molecule has 0 amide bonds. The number of hydrogen-bond donors (Lipinski definition) is 2. The normalized spacial score (nSPS) is 12.9. The predicted octanol–water partition coefficient (Wildman–Crippen LogP) is 5.51. The summed E-state index contributed by atoms with van der Waals surface area (Å²) in [5.41, 5.74) is 17.1. The number of carbonyl (C=O) groups is 2. The number of ether oxygens (including phenoxy) is 2. The third kappa shape index (κ3) is 6.13. The monoisotopic (exact) mass is 454 g/mol. The Kier molecular flexibility index (Phi) is 7.08. The third-order valence-electron chi connectivity index (χ3n) is 5.50. The molecule has 0 atom stereocenters. The molecule has 0 radical (unpaired) electrons. The van der Waals surface area contributed by atoms with Crippen molar-refractivity contribution in [2.75, 3.05) is 11.5 Å². The van der Waals surface area contributed by atoms with Crippen molar-refractivity contribution in [3.05, 3.63) is 96.3 Å². The topological polar surface area (TPSA) is 105 Å². The van der Waals surface area contributed by atoms with Gasteiger partial charge in [0.2, 0.25) is 0 Å². The largest absolute Gasteiger partial charge is 0.431 e. The molecule has 6 heteroatoms. The van der Waals surface area contributed by atoms with Gasteiger partial charge in [-0.15, -0.1) is 0 Å². The molecule has 0 heterocycles. The first kappa shape index (κ1) is 22.9. The van der Waals surface area contributed by atoms with Crippen molar-refractivity contribution in [1.82, 2.24) is 0 Å². The minimum atomic E-state index is -0.486. The number of benzene rings is 3. The van der Waals surface area contributed by atoms with Gasteiger partial charge in [-0.2, -0.15) is 0 Å². The lowest BCUT2D eigenvalue weighted by Crippen LogP contribution is -2.12. The Morgan fingerprint density at radius 3 is 1.65 bits per heavy atom. The fourth-order valence-electron chi connectivity index (χ4n) is 3.62. The number of nitrogens with two attached hydrogens (primary N) is 2. The van der Waals surface area contributed by atoms with Crippen LogP contribution in [-0.4, -0.2) is 11.9 Å². The van der Waals surface area contributed by atoms with Gasteiger partial charge in [0, 0.05) is 17.8 Å². The fraction of sp³-hybridized carbons (Fsp3) is 0.143. The summed E-state index contributed by atoms with van der Waals surface area (Å²) in [6.07, 6.45) is 5.02. The quantitative estimate of drug-likeness (QED) is 0.277. The second-order valence-electron chi connectivity index (χ2n) is 8.04. The first-order valence-electron chi connectivity index (χ1n) is 11.1. The highest BCUT2D eigenvalue weighted by atomic mass is 16.5. The van der Waals surface area contributed by atoms with Crippen molar-refractivity contribution in [1.29, 1.82) is 0 Å². The molecule has 3 aromatic rings. The van der Waals surface area contributed by atoms with Crippen LogP contribution in [0.15, 0.2) is 90.7 Å². The highest BCUT2D eigenvalue weighted by Gasteiger charge is 2.15. The zero-order valence-corrected chi connectivity index (χ0v) is 18.7. The molecule has 1 aliphatic rings. The van der Waals surface area contributed by atoms with Gasteiger partial charge in [-0.3, -0.25) is 9.59 Å². The van der Waals surface area contributed by atoms with Gasteiger partial charge >= 0.3 is 11.9 Å². The van der Waals surface area contributed by atoms with E-state index in [2.05, 4.69) is 0 Å². The van der Waals surface area contributed by atoms with Crippen LogP contribution in [0.5, 0.6) is 5.75 Å². The second kappa shape index (κ2) is 10.5. The van der Waals surface area contributed by atoms with Crippen molar-refractivity contribution in [3.63, 3.8) is 0 Å². The SMILES string of the molecule is Nc1ccc(C2=CC=C(OC(=O)CCC(=O)Oc3ccc(-c4ccc(N)cc4)cc3)CC2)cc1. The van der Waals surface area contributed by atoms with E-state index in [1.807, 2.05) is 66.7 Å². The summed E-state index contributed by atoms with van der Waals surface area (Å²) in [6, 6.07) is 22.4. The molecule has 0 bridgehead atoms. The van der Waals surface area contributed by atoms with Gasteiger partial charge in [0.15, 0.2) is 0 Å². The molecule has 4 N–H and O–H groups in total. The van der Waals surface area contributed by atoms with E-state index >= 15 is 0 Å². The summed E-state index contributed by atoms with van der Waals surface area (Å²) < 4.78 is 10.7. The van der Waals surface area contributed by atoms with E-state index in [1.165, 1.54) is 0 Å². The Hall–Kier alpha value is -4.32. The maximum absolute atomic E-state index is 12.2. The number of nitrogen functional groups attached to an aromatic ring is 2. The van der Waals surface area contributed by atoms with Crippen LogP contribution in [0.1, 0.15) is 31.2 Å². The van der Waals surface area contributed by atoms with Crippen molar-refractivity contribution >= 4 is 28.9 Å². The van der Waals surface area contributed by atoms with Crippen LogP contribution in [0.4, 0.5) is 11.4 Å². The molecular formula is C28H26N2O4. The van der Waals surface area contributed by atoms with E-state index in [9.17, 15) is 9.59 Å². The van der Waals surface area contributed by atoms with Crippen LogP contribution < -0.4 is 16.2 Å². The molecule has 0 spiro atoms. The molecule has 6 nitrogen and oxygen atoms in total. The van der Waals surface area contributed by atoms with Crippen molar-refractivity contribution in [2.24, 2.45) is 0 Å².